The summed E-state index contributed by atoms with van der Waals surface area (Å²) < 4.78 is 0. The first-order valence-corrected chi connectivity index (χ1v) is 8.81. The van der Waals surface area contributed by atoms with E-state index in [1.807, 2.05) is 6.07 Å². The molecule has 0 bridgehead atoms. The summed E-state index contributed by atoms with van der Waals surface area (Å²) in [5, 5.41) is 9.49. The third kappa shape index (κ3) is 3.97. The van der Waals surface area contributed by atoms with Crippen molar-refractivity contribution in [1.82, 2.24) is 15.1 Å². The van der Waals surface area contributed by atoms with Gasteiger partial charge in [-0.05, 0) is 37.4 Å². The molecule has 1 unspecified atom stereocenters. The van der Waals surface area contributed by atoms with Gasteiger partial charge in [0.2, 0.25) is 0 Å². The molecule has 24 heavy (non-hydrogen) atoms. The number of hydrogen-bond acceptors (Lipinski definition) is 4. The molecule has 128 valence electrons. The molecule has 1 aromatic heterocycles. The molecular weight excluding hydrogens is 324 g/mol. The van der Waals surface area contributed by atoms with Crippen LogP contribution in [0.3, 0.4) is 0 Å². The quantitative estimate of drug-likeness (QED) is 0.871. The highest BCUT2D eigenvalue weighted by Crippen LogP contribution is 2.22. The van der Waals surface area contributed by atoms with Crippen molar-refractivity contribution >= 4 is 17.3 Å². The monoisotopic (exact) mass is 346 g/mol. The van der Waals surface area contributed by atoms with Crippen LogP contribution in [0.2, 0.25) is 5.02 Å². The largest absolute Gasteiger partial charge is 0.378 e. The number of hydrogen-bond donors (Lipinski definition) is 2. The number of nitrogens with zero attached hydrogens (tertiary/aromatic N) is 2. The van der Waals surface area contributed by atoms with Crippen molar-refractivity contribution in [3.8, 4) is 0 Å². The fraction of sp³-hybridized carbons (Fsp3) is 0.444. The summed E-state index contributed by atoms with van der Waals surface area (Å²) in [6.45, 7) is 5.04. The van der Waals surface area contributed by atoms with Crippen molar-refractivity contribution in [1.29, 1.82) is 0 Å². The Labute approximate surface area is 147 Å². The van der Waals surface area contributed by atoms with Gasteiger partial charge in [-0.3, -0.25) is 9.69 Å². The molecule has 1 aromatic carbocycles. The molecule has 1 atom stereocenters. The lowest BCUT2D eigenvalue weighted by Gasteiger charge is -2.33. The third-order valence-electron chi connectivity index (χ3n) is 4.70. The van der Waals surface area contributed by atoms with Crippen LogP contribution in [0.1, 0.15) is 37.3 Å². The molecule has 2 heterocycles. The smallest absolute Gasteiger partial charge is 0.285 e. The summed E-state index contributed by atoms with van der Waals surface area (Å²) in [6, 6.07) is 9.04. The van der Waals surface area contributed by atoms with Crippen molar-refractivity contribution in [2.45, 2.75) is 45.3 Å². The lowest BCUT2D eigenvalue weighted by Crippen LogP contribution is -2.37. The van der Waals surface area contributed by atoms with Crippen molar-refractivity contribution in [3.05, 3.63) is 57.0 Å². The van der Waals surface area contributed by atoms with E-state index >= 15 is 0 Å². The number of nitrogens with one attached hydrogen (secondary N) is 2. The minimum absolute atomic E-state index is 0.145. The fourth-order valence-electron chi connectivity index (χ4n) is 3.19. The normalized spacial score (nSPS) is 18.5. The highest BCUT2D eigenvalue weighted by molar-refractivity contribution is 6.32. The molecule has 0 spiro atoms. The summed E-state index contributed by atoms with van der Waals surface area (Å²) in [6.07, 6.45) is 5.42. The Morgan fingerprint density at radius 3 is 2.92 bits per heavy atom. The maximum absolute atomic E-state index is 11.5. The summed E-state index contributed by atoms with van der Waals surface area (Å²) in [4.78, 5) is 14.1. The van der Waals surface area contributed by atoms with Gasteiger partial charge >= 0.3 is 0 Å². The Bertz CT molecular complexity index is 746. The van der Waals surface area contributed by atoms with E-state index in [1.54, 1.807) is 6.20 Å². The number of benzene rings is 1. The van der Waals surface area contributed by atoms with Gasteiger partial charge in [0.25, 0.3) is 5.56 Å². The topological polar surface area (TPSA) is 61.0 Å². The molecule has 2 N–H and O–H groups in total. The maximum Gasteiger partial charge on any atom is 0.285 e. The Morgan fingerprint density at radius 2 is 2.12 bits per heavy atom. The van der Waals surface area contributed by atoms with Crippen LogP contribution in [-0.2, 0) is 13.1 Å². The van der Waals surface area contributed by atoms with Gasteiger partial charge in [0.1, 0.15) is 5.02 Å². The van der Waals surface area contributed by atoms with E-state index < -0.39 is 0 Å². The van der Waals surface area contributed by atoms with Crippen LogP contribution in [0.5, 0.6) is 0 Å². The van der Waals surface area contributed by atoms with E-state index in [1.165, 1.54) is 30.4 Å². The van der Waals surface area contributed by atoms with Crippen LogP contribution >= 0.6 is 11.6 Å². The lowest BCUT2D eigenvalue weighted by molar-refractivity contribution is 0.152. The SMILES string of the molecule is CC1CCCCN1Cc1ccccc1CNc1cn[nH]c(=O)c1Cl. The number of halogens is 1. The van der Waals surface area contributed by atoms with E-state index in [4.69, 9.17) is 11.6 Å². The predicted molar refractivity (Wildman–Crippen MR) is 97.4 cm³/mol. The van der Waals surface area contributed by atoms with E-state index in [0.717, 1.165) is 13.1 Å². The van der Waals surface area contributed by atoms with E-state index in [0.29, 0.717) is 18.3 Å². The van der Waals surface area contributed by atoms with Crippen LogP contribution in [0, 0.1) is 0 Å². The second-order valence-electron chi connectivity index (χ2n) is 6.36. The van der Waals surface area contributed by atoms with E-state index in [-0.39, 0.29) is 10.6 Å². The number of piperidine rings is 1. The average molecular weight is 347 g/mol. The molecule has 5 nitrogen and oxygen atoms in total. The van der Waals surface area contributed by atoms with Crippen molar-refractivity contribution in [3.63, 3.8) is 0 Å². The fourth-order valence-corrected chi connectivity index (χ4v) is 3.35. The molecule has 1 saturated heterocycles. The molecule has 6 heteroatoms. The Hall–Kier alpha value is -1.85. The molecule has 1 aliphatic rings. The molecule has 0 aliphatic carbocycles. The second-order valence-corrected chi connectivity index (χ2v) is 6.74. The lowest BCUT2D eigenvalue weighted by atomic mass is 10.0. The number of aromatic nitrogens is 2. The van der Waals surface area contributed by atoms with Crippen molar-refractivity contribution in [2.75, 3.05) is 11.9 Å². The first kappa shape index (κ1) is 17.0. The van der Waals surface area contributed by atoms with Gasteiger partial charge in [0, 0.05) is 19.1 Å². The molecule has 3 rings (SSSR count). The van der Waals surface area contributed by atoms with Gasteiger partial charge < -0.3 is 5.32 Å². The molecule has 0 amide bonds. The first-order valence-electron chi connectivity index (χ1n) is 8.43. The first-order chi connectivity index (χ1) is 11.6. The predicted octanol–water partition coefficient (Wildman–Crippen LogP) is 3.41. The number of aromatic amines is 1. The second kappa shape index (κ2) is 7.81. The zero-order valence-electron chi connectivity index (χ0n) is 13.9. The minimum Gasteiger partial charge on any atom is -0.378 e. The number of anilines is 1. The van der Waals surface area contributed by atoms with Crippen LogP contribution in [-0.4, -0.2) is 27.7 Å². The summed E-state index contributed by atoms with van der Waals surface area (Å²) >= 11 is 6.02. The molecule has 0 saturated carbocycles. The van der Waals surface area contributed by atoms with Crippen LogP contribution in [0.25, 0.3) is 0 Å². The third-order valence-corrected chi connectivity index (χ3v) is 5.07. The number of H-pyrrole nitrogens is 1. The maximum atomic E-state index is 11.5. The molecular formula is C18H23ClN4O. The van der Waals surface area contributed by atoms with Gasteiger partial charge in [-0.2, -0.15) is 5.10 Å². The standard InChI is InChI=1S/C18H23ClN4O/c1-13-6-4-5-9-23(13)12-15-8-3-2-7-14(15)10-20-16-11-21-22-18(24)17(16)19/h2-3,7-8,11,13H,4-6,9-10,12H2,1H3,(H2,20,22,24). The highest BCUT2D eigenvalue weighted by Gasteiger charge is 2.19. The minimum atomic E-state index is -0.378. The molecule has 2 aromatic rings. The van der Waals surface area contributed by atoms with Crippen LogP contribution in [0.15, 0.2) is 35.3 Å². The summed E-state index contributed by atoms with van der Waals surface area (Å²) in [5.74, 6) is 0. The average Bonchev–Trinajstić information content (AvgIpc) is 2.59. The van der Waals surface area contributed by atoms with Gasteiger partial charge in [0.15, 0.2) is 0 Å². The van der Waals surface area contributed by atoms with Crippen molar-refractivity contribution < 1.29 is 0 Å². The highest BCUT2D eigenvalue weighted by atomic mass is 35.5. The summed E-state index contributed by atoms with van der Waals surface area (Å²) in [5.41, 5.74) is 2.71. The number of rotatable bonds is 5. The van der Waals surface area contributed by atoms with E-state index in [2.05, 4.69) is 45.5 Å². The zero-order valence-corrected chi connectivity index (χ0v) is 14.6. The van der Waals surface area contributed by atoms with Crippen LogP contribution < -0.4 is 10.9 Å². The Balaban J connectivity index is 1.72. The van der Waals surface area contributed by atoms with Gasteiger partial charge in [-0.1, -0.05) is 42.3 Å². The van der Waals surface area contributed by atoms with Gasteiger partial charge in [-0.25, -0.2) is 5.10 Å². The Kier molecular flexibility index (Phi) is 5.53. The van der Waals surface area contributed by atoms with Gasteiger partial charge in [0.05, 0.1) is 11.9 Å². The zero-order chi connectivity index (χ0) is 16.9. The number of likely N-dealkylation sites (tertiary alicyclic amines) is 1. The van der Waals surface area contributed by atoms with Crippen LogP contribution in [0.4, 0.5) is 5.69 Å². The van der Waals surface area contributed by atoms with Crippen molar-refractivity contribution in [2.24, 2.45) is 0 Å². The van der Waals surface area contributed by atoms with E-state index in [9.17, 15) is 4.79 Å². The molecule has 0 radical (unpaired) electrons. The molecule has 1 aliphatic heterocycles. The Morgan fingerprint density at radius 1 is 1.33 bits per heavy atom. The van der Waals surface area contributed by atoms with Gasteiger partial charge in [-0.15, -0.1) is 0 Å². The molecule has 1 fully saturated rings. The summed E-state index contributed by atoms with van der Waals surface area (Å²) in [7, 11) is 0.